The third kappa shape index (κ3) is 3.84. The number of aromatic nitrogens is 2. The lowest BCUT2D eigenvalue weighted by molar-refractivity contribution is -0.124. The molecule has 0 saturated carbocycles. The fraction of sp³-hybridized carbons (Fsp3) is 0.444. The van der Waals surface area contributed by atoms with Gasteiger partial charge in [-0.2, -0.15) is 0 Å². The Hall–Kier alpha value is -2.90. The molecule has 0 spiro atoms. The van der Waals surface area contributed by atoms with E-state index in [-0.39, 0.29) is 11.8 Å². The molecule has 8 heteroatoms. The second-order valence-electron chi connectivity index (χ2n) is 7.15. The molecular weight excluding hydrogens is 336 g/mol. The molecule has 1 aliphatic heterocycles. The van der Waals surface area contributed by atoms with Crippen molar-refractivity contribution in [1.29, 1.82) is 0 Å². The minimum Gasteiger partial charge on any atom is -0.481 e. The molecule has 8 nitrogen and oxygen atoms in total. The van der Waals surface area contributed by atoms with Crippen LogP contribution in [0.15, 0.2) is 24.4 Å². The first kappa shape index (κ1) is 17.9. The third-order valence-electron chi connectivity index (χ3n) is 3.93. The van der Waals surface area contributed by atoms with Gasteiger partial charge in [-0.05, 0) is 32.9 Å². The molecule has 0 aliphatic carbocycles. The number of rotatable bonds is 3. The van der Waals surface area contributed by atoms with Crippen LogP contribution in [0.25, 0.3) is 11.0 Å². The molecule has 0 radical (unpaired) electrons. The highest BCUT2D eigenvalue weighted by molar-refractivity contribution is 6.01. The molecule has 0 bridgehead atoms. The lowest BCUT2D eigenvalue weighted by atomic mass is 10.00. The van der Waals surface area contributed by atoms with Crippen LogP contribution in [0.3, 0.4) is 0 Å². The van der Waals surface area contributed by atoms with Crippen LogP contribution in [0.2, 0.25) is 0 Å². The van der Waals surface area contributed by atoms with Crippen molar-refractivity contribution >= 4 is 28.7 Å². The van der Waals surface area contributed by atoms with Crippen molar-refractivity contribution < 1.29 is 19.1 Å². The molecule has 2 aromatic heterocycles. The van der Waals surface area contributed by atoms with Crippen molar-refractivity contribution in [3.05, 3.63) is 24.4 Å². The first-order valence-corrected chi connectivity index (χ1v) is 8.35. The van der Waals surface area contributed by atoms with Crippen molar-refractivity contribution in [2.75, 3.05) is 25.5 Å². The molecule has 0 aromatic carbocycles. The maximum Gasteiger partial charge on any atom is 0.410 e. The summed E-state index contributed by atoms with van der Waals surface area (Å²) in [5.74, 6) is -0.000913. The van der Waals surface area contributed by atoms with Crippen LogP contribution in [0.4, 0.5) is 10.5 Å². The highest BCUT2D eigenvalue weighted by Crippen LogP contribution is 2.25. The van der Waals surface area contributed by atoms with Crippen molar-refractivity contribution in [2.24, 2.45) is 5.92 Å². The number of hydrogen-bond acceptors (Lipinski definition) is 6. The smallest absolute Gasteiger partial charge is 0.410 e. The van der Waals surface area contributed by atoms with E-state index in [0.29, 0.717) is 35.7 Å². The highest BCUT2D eigenvalue weighted by atomic mass is 16.6. The Labute approximate surface area is 151 Å². The van der Waals surface area contributed by atoms with Gasteiger partial charge in [0.1, 0.15) is 11.1 Å². The van der Waals surface area contributed by atoms with E-state index in [2.05, 4.69) is 15.3 Å². The SMILES string of the molecule is COc1ccc2nccc(NC(=O)C3CN(C(=O)OC(C)(C)C)C3)c2n1. The summed E-state index contributed by atoms with van der Waals surface area (Å²) in [4.78, 5) is 34.5. The van der Waals surface area contributed by atoms with Crippen LogP contribution in [-0.2, 0) is 9.53 Å². The molecule has 1 fully saturated rings. The number of fused-ring (bicyclic) bond motifs is 1. The van der Waals surface area contributed by atoms with Gasteiger partial charge in [-0.3, -0.25) is 9.78 Å². The van der Waals surface area contributed by atoms with E-state index in [1.165, 1.54) is 12.0 Å². The predicted octanol–water partition coefficient (Wildman–Crippen LogP) is 2.44. The normalized spacial score (nSPS) is 14.7. The van der Waals surface area contributed by atoms with Gasteiger partial charge in [-0.15, -0.1) is 0 Å². The van der Waals surface area contributed by atoms with Crippen LogP contribution in [0.5, 0.6) is 5.88 Å². The Morgan fingerprint density at radius 1 is 1.23 bits per heavy atom. The van der Waals surface area contributed by atoms with Gasteiger partial charge in [0, 0.05) is 25.4 Å². The predicted molar refractivity (Wildman–Crippen MR) is 96.0 cm³/mol. The summed E-state index contributed by atoms with van der Waals surface area (Å²) in [5, 5.41) is 2.87. The number of nitrogens with one attached hydrogen (secondary N) is 1. The lowest BCUT2D eigenvalue weighted by Gasteiger charge is -2.38. The zero-order chi connectivity index (χ0) is 18.9. The fourth-order valence-corrected chi connectivity index (χ4v) is 2.58. The molecule has 0 unspecified atom stereocenters. The van der Waals surface area contributed by atoms with E-state index in [9.17, 15) is 9.59 Å². The van der Waals surface area contributed by atoms with E-state index in [0.717, 1.165) is 0 Å². The molecule has 2 aromatic rings. The molecule has 26 heavy (non-hydrogen) atoms. The van der Waals surface area contributed by atoms with Gasteiger partial charge in [-0.25, -0.2) is 9.78 Å². The topological polar surface area (TPSA) is 93.7 Å². The second kappa shape index (κ2) is 6.78. The van der Waals surface area contributed by atoms with Crippen LogP contribution in [0.1, 0.15) is 20.8 Å². The summed E-state index contributed by atoms with van der Waals surface area (Å²) in [6.45, 7) is 6.10. The van der Waals surface area contributed by atoms with Crippen LogP contribution < -0.4 is 10.1 Å². The number of carbonyl (C=O) groups is 2. The summed E-state index contributed by atoms with van der Waals surface area (Å²) in [7, 11) is 1.53. The van der Waals surface area contributed by atoms with Gasteiger partial charge < -0.3 is 19.7 Å². The molecule has 2 amide bonds. The average molecular weight is 358 g/mol. The average Bonchev–Trinajstić information content (AvgIpc) is 2.51. The van der Waals surface area contributed by atoms with Crippen molar-refractivity contribution in [3.63, 3.8) is 0 Å². The Morgan fingerprint density at radius 3 is 2.62 bits per heavy atom. The van der Waals surface area contributed by atoms with Gasteiger partial charge in [-0.1, -0.05) is 0 Å². The van der Waals surface area contributed by atoms with Gasteiger partial charge in [0.05, 0.1) is 24.2 Å². The third-order valence-corrected chi connectivity index (χ3v) is 3.93. The van der Waals surface area contributed by atoms with Gasteiger partial charge in [0.25, 0.3) is 0 Å². The number of amides is 2. The van der Waals surface area contributed by atoms with Crippen LogP contribution >= 0.6 is 0 Å². The van der Waals surface area contributed by atoms with E-state index >= 15 is 0 Å². The quantitative estimate of drug-likeness (QED) is 0.906. The summed E-state index contributed by atoms with van der Waals surface area (Å²) in [6.07, 6.45) is 1.21. The fourth-order valence-electron chi connectivity index (χ4n) is 2.58. The largest absolute Gasteiger partial charge is 0.481 e. The molecule has 0 atom stereocenters. The number of carbonyl (C=O) groups excluding carboxylic acids is 2. The summed E-state index contributed by atoms with van der Waals surface area (Å²) in [6, 6.07) is 5.19. The van der Waals surface area contributed by atoms with Gasteiger partial charge in [0.2, 0.25) is 11.8 Å². The summed E-state index contributed by atoms with van der Waals surface area (Å²) < 4.78 is 10.4. The number of likely N-dealkylation sites (tertiary alicyclic amines) is 1. The minimum atomic E-state index is -0.550. The number of hydrogen-bond donors (Lipinski definition) is 1. The zero-order valence-corrected chi connectivity index (χ0v) is 15.3. The highest BCUT2D eigenvalue weighted by Gasteiger charge is 2.38. The Balaban J connectivity index is 1.65. The number of nitrogens with zero attached hydrogens (tertiary/aromatic N) is 3. The number of ether oxygens (including phenoxy) is 2. The van der Waals surface area contributed by atoms with Gasteiger partial charge in [0.15, 0.2) is 0 Å². The molecule has 3 heterocycles. The van der Waals surface area contributed by atoms with Gasteiger partial charge >= 0.3 is 6.09 Å². The molecule has 1 aliphatic rings. The Kier molecular flexibility index (Phi) is 4.67. The van der Waals surface area contributed by atoms with E-state index in [1.807, 2.05) is 20.8 Å². The Morgan fingerprint density at radius 2 is 1.96 bits per heavy atom. The van der Waals surface area contributed by atoms with Crippen molar-refractivity contribution in [3.8, 4) is 5.88 Å². The molecule has 1 saturated heterocycles. The summed E-state index contributed by atoms with van der Waals surface area (Å²) >= 11 is 0. The maximum absolute atomic E-state index is 12.5. The zero-order valence-electron chi connectivity index (χ0n) is 15.3. The number of anilines is 1. The van der Waals surface area contributed by atoms with Crippen molar-refractivity contribution in [2.45, 2.75) is 26.4 Å². The monoisotopic (exact) mass is 358 g/mol. The minimum absolute atomic E-state index is 0.165. The molecule has 3 rings (SSSR count). The van der Waals surface area contributed by atoms with Crippen molar-refractivity contribution in [1.82, 2.24) is 14.9 Å². The van der Waals surface area contributed by atoms with E-state index in [1.54, 1.807) is 24.4 Å². The Bertz CT molecular complexity index is 841. The number of methoxy groups -OCH3 is 1. The van der Waals surface area contributed by atoms with Crippen LogP contribution in [-0.4, -0.2) is 52.7 Å². The van der Waals surface area contributed by atoms with E-state index < -0.39 is 11.7 Å². The molecular formula is C18H22N4O4. The first-order chi connectivity index (χ1) is 12.3. The first-order valence-electron chi connectivity index (χ1n) is 8.35. The lowest BCUT2D eigenvalue weighted by Crippen LogP contribution is -2.55. The standard InChI is InChI=1S/C18H22N4O4/c1-18(2,3)26-17(24)22-9-11(10-22)16(23)20-13-7-8-19-12-5-6-14(25-4)21-15(12)13/h5-8,11H,9-10H2,1-4H3,(H,19,20,23). The number of pyridine rings is 2. The second-order valence-corrected chi connectivity index (χ2v) is 7.15. The maximum atomic E-state index is 12.5. The molecule has 1 N–H and O–H groups in total. The summed E-state index contributed by atoms with van der Waals surface area (Å²) in [5.41, 5.74) is 1.23. The molecule has 138 valence electrons. The van der Waals surface area contributed by atoms with E-state index in [4.69, 9.17) is 9.47 Å². The van der Waals surface area contributed by atoms with Crippen LogP contribution in [0, 0.1) is 5.92 Å².